The summed E-state index contributed by atoms with van der Waals surface area (Å²) in [5.74, 6) is 2.41. The molecule has 0 aromatic heterocycles. The summed E-state index contributed by atoms with van der Waals surface area (Å²) >= 11 is 6.14. The van der Waals surface area contributed by atoms with Crippen LogP contribution in [0.4, 0.5) is 0 Å². The van der Waals surface area contributed by atoms with Crippen LogP contribution in [0.25, 0.3) is 0 Å². The lowest BCUT2D eigenvalue weighted by atomic mass is 10.0. The highest BCUT2D eigenvalue weighted by molar-refractivity contribution is 6.30. The average Bonchev–Trinajstić information content (AvgIpc) is 3.17. The molecule has 1 aliphatic heterocycles. The van der Waals surface area contributed by atoms with Gasteiger partial charge in [-0.3, -0.25) is 4.90 Å². The van der Waals surface area contributed by atoms with Gasteiger partial charge in [0.05, 0.1) is 18.4 Å². The topological polar surface area (TPSA) is 54.3 Å². The third-order valence-corrected chi connectivity index (χ3v) is 5.07. The van der Waals surface area contributed by atoms with Gasteiger partial charge in [0.1, 0.15) is 12.7 Å². The molecule has 0 fully saturated rings. The number of ether oxygens (including phenoxy) is 1. The lowest BCUT2D eigenvalue weighted by Crippen LogP contribution is -2.39. The first-order valence-electron chi connectivity index (χ1n) is 9.99. The van der Waals surface area contributed by atoms with Gasteiger partial charge < -0.3 is 14.7 Å². The third kappa shape index (κ3) is 6.86. The number of hydrogen-bond acceptors (Lipinski definition) is 5. The number of aryl methyl sites for hydroxylation is 1. The Bertz CT molecular complexity index is 892. The molecule has 1 N–H and O–H groups in total. The lowest BCUT2D eigenvalue weighted by Gasteiger charge is -2.27. The molecule has 0 spiro atoms. The van der Waals surface area contributed by atoms with Gasteiger partial charge in [0.15, 0.2) is 0 Å². The number of nitrogens with zero attached hydrogens (tertiary/aromatic N) is 2. The van der Waals surface area contributed by atoms with Crippen molar-refractivity contribution in [3.05, 3.63) is 70.2 Å². The van der Waals surface area contributed by atoms with E-state index in [0.717, 1.165) is 23.3 Å². The smallest absolute Gasteiger partial charge is 0.145 e. The fourth-order valence-corrected chi connectivity index (χ4v) is 3.65. The zero-order valence-corrected chi connectivity index (χ0v) is 17.9. The van der Waals surface area contributed by atoms with Crippen LogP contribution in [-0.2, 0) is 16.1 Å². The zero-order chi connectivity index (χ0) is 21.3. The van der Waals surface area contributed by atoms with Crippen LogP contribution in [0.15, 0.2) is 53.7 Å². The normalized spacial score (nSPS) is 16.8. The Balaban J connectivity index is 1.61. The van der Waals surface area contributed by atoms with E-state index in [1.54, 1.807) is 0 Å². The molecule has 0 saturated carbocycles. The Labute approximate surface area is 183 Å². The number of aliphatic hydroxyl groups is 1. The molecule has 5 nitrogen and oxygen atoms in total. The summed E-state index contributed by atoms with van der Waals surface area (Å²) in [6.07, 6.45) is 5.18. The van der Waals surface area contributed by atoms with Gasteiger partial charge in [-0.2, -0.15) is 0 Å². The molecule has 2 atom stereocenters. The van der Waals surface area contributed by atoms with Crippen molar-refractivity contribution in [3.63, 3.8) is 0 Å². The Morgan fingerprint density at radius 3 is 2.87 bits per heavy atom. The number of aliphatic hydroxyl groups excluding tert-OH is 1. The molecule has 3 rings (SSSR count). The van der Waals surface area contributed by atoms with Gasteiger partial charge in [-0.25, -0.2) is 0 Å². The van der Waals surface area contributed by atoms with Gasteiger partial charge in [-0.05, 0) is 30.2 Å². The van der Waals surface area contributed by atoms with E-state index in [1.807, 2.05) is 24.3 Å². The SMILES string of the molecule is C#CCOCC(O)CN(Cc1cccc(Cl)c1)CC1CC(c2ccc(C)cc2)=NO1. The van der Waals surface area contributed by atoms with Crippen LogP contribution in [0.5, 0.6) is 0 Å². The second-order valence-corrected chi connectivity index (χ2v) is 7.97. The number of benzene rings is 2. The first-order valence-corrected chi connectivity index (χ1v) is 10.4. The van der Waals surface area contributed by atoms with Gasteiger partial charge in [0.2, 0.25) is 0 Å². The van der Waals surface area contributed by atoms with Crippen LogP contribution < -0.4 is 0 Å². The van der Waals surface area contributed by atoms with Crippen molar-refractivity contribution in [2.45, 2.75) is 32.1 Å². The fourth-order valence-electron chi connectivity index (χ4n) is 3.43. The highest BCUT2D eigenvalue weighted by Gasteiger charge is 2.25. The zero-order valence-electron chi connectivity index (χ0n) is 17.1. The first-order chi connectivity index (χ1) is 14.5. The second-order valence-electron chi connectivity index (χ2n) is 7.53. The minimum Gasteiger partial charge on any atom is -0.390 e. The maximum atomic E-state index is 10.4. The van der Waals surface area contributed by atoms with Crippen molar-refractivity contribution in [3.8, 4) is 12.3 Å². The van der Waals surface area contributed by atoms with E-state index in [-0.39, 0.29) is 19.3 Å². The largest absolute Gasteiger partial charge is 0.390 e. The van der Waals surface area contributed by atoms with Crippen LogP contribution >= 0.6 is 11.6 Å². The van der Waals surface area contributed by atoms with E-state index in [9.17, 15) is 5.11 Å². The molecule has 0 bridgehead atoms. The first kappa shape index (κ1) is 22.3. The number of terminal acetylenes is 1. The van der Waals surface area contributed by atoms with E-state index in [4.69, 9.17) is 27.6 Å². The van der Waals surface area contributed by atoms with Gasteiger partial charge >= 0.3 is 0 Å². The molecule has 1 heterocycles. The Morgan fingerprint density at radius 1 is 1.33 bits per heavy atom. The highest BCUT2D eigenvalue weighted by atomic mass is 35.5. The molecular weight excluding hydrogens is 400 g/mol. The summed E-state index contributed by atoms with van der Waals surface area (Å²) < 4.78 is 5.28. The Morgan fingerprint density at radius 2 is 2.13 bits per heavy atom. The van der Waals surface area contributed by atoms with Gasteiger partial charge in [0.25, 0.3) is 0 Å². The van der Waals surface area contributed by atoms with Crippen LogP contribution in [0.1, 0.15) is 23.1 Å². The fraction of sp³-hybridized carbons (Fsp3) is 0.375. The Hall–Kier alpha value is -2.36. The summed E-state index contributed by atoms with van der Waals surface area (Å²) in [5, 5.41) is 15.4. The highest BCUT2D eigenvalue weighted by Crippen LogP contribution is 2.20. The van der Waals surface area contributed by atoms with Crippen molar-refractivity contribution in [1.29, 1.82) is 0 Å². The van der Waals surface area contributed by atoms with Crippen LogP contribution in [0.3, 0.4) is 0 Å². The maximum absolute atomic E-state index is 10.4. The molecule has 6 heteroatoms. The van der Waals surface area contributed by atoms with E-state index in [1.165, 1.54) is 5.56 Å². The minimum atomic E-state index is -0.656. The maximum Gasteiger partial charge on any atom is 0.145 e. The van der Waals surface area contributed by atoms with Crippen LogP contribution in [-0.4, -0.2) is 54.2 Å². The molecule has 1 aliphatic rings. The summed E-state index contributed by atoms with van der Waals surface area (Å²) in [5.41, 5.74) is 4.30. The van der Waals surface area contributed by atoms with Crippen molar-refractivity contribution in [1.82, 2.24) is 4.90 Å². The summed E-state index contributed by atoms with van der Waals surface area (Å²) in [6, 6.07) is 16.0. The minimum absolute atomic E-state index is 0.0840. The molecule has 0 amide bonds. The standard InChI is InChI=1S/C24H27ClN2O3/c1-3-11-29-17-22(28)15-27(14-19-5-4-6-21(25)12-19)16-23-13-24(26-30-23)20-9-7-18(2)8-10-20/h1,4-10,12,22-23,28H,11,13-17H2,2H3. The number of halogens is 1. The summed E-state index contributed by atoms with van der Waals surface area (Å²) in [7, 11) is 0. The van der Waals surface area contributed by atoms with Crippen LogP contribution in [0.2, 0.25) is 5.02 Å². The molecule has 30 heavy (non-hydrogen) atoms. The Kier molecular flexibility index (Phi) is 8.30. The number of rotatable bonds is 10. The van der Waals surface area contributed by atoms with Gasteiger partial charge in [-0.1, -0.05) is 64.6 Å². The molecule has 2 aromatic rings. The number of hydrogen-bond donors (Lipinski definition) is 1. The summed E-state index contributed by atoms with van der Waals surface area (Å²) in [6.45, 7) is 4.12. The van der Waals surface area contributed by atoms with Crippen molar-refractivity contribution >= 4 is 17.3 Å². The molecule has 0 aliphatic carbocycles. The van der Waals surface area contributed by atoms with E-state index in [2.05, 4.69) is 47.2 Å². The van der Waals surface area contributed by atoms with E-state index >= 15 is 0 Å². The molecule has 0 saturated heterocycles. The third-order valence-electron chi connectivity index (χ3n) is 4.84. The average molecular weight is 427 g/mol. The van der Waals surface area contributed by atoms with Crippen molar-refractivity contribution < 1.29 is 14.7 Å². The second kappa shape index (κ2) is 11.1. The molecule has 158 valence electrons. The van der Waals surface area contributed by atoms with Crippen molar-refractivity contribution in [2.75, 3.05) is 26.3 Å². The molecule has 2 unspecified atom stereocenters. The lowest BCUT2D eigenvalue weighted by molar-refractivity contribution is 0.00419. The quantitative estimate of drug-likeness (QED) is 0.465. The number of oxime groups is 1. The van der Waals surface area contributed by atoms with Gasteiger partial charge in [-0.15, -0.1) is 6.42 Å². The predicted octanol–water partition coefficient (Wildman–Crippen LogP) is 3.65. The molecule has 2 aromatic carbocycles. The predicted molar refractivity (Wildman–Crippen MR) is 120 cm³/mol. The molecule has 0 radical (unpaired) electrons. The summed E-state index contributed by atoms with van der Waals surface area (Å²) in [4.78, 5) is 7.84. The van der Waals surface area contributed by atoms with E-state index < -0.39 is 6.10 Å². The van der Waals surface area contributed by atoms with E-state index in [0.29, 0.717) is 24.7 Å². The monoisotopic (exact) mass is 426 g/mol. The van der Waals surface area contributed by atoms with Crippen molar-refractivity contribution in [2.24, 2.45) is 5.16 Å². The van der Waals surface area contributed by atoms with Gasteiger partial charge in [0, 0.05) is 31.1 Å². The van der Waals surface area contributed by atoms with Crippen LogP contribution in [0, 0.1) is 19.3 Å². The molecular formula is C24H27ClN2O3.